The van der Waals surface area contributed by atoms with Crippen molar-refractivity contribution in [1.82, 2.24) is 20.8 Å². The van der Waals surface area contributed by atoms with Gasteiger partial charge in [-0.15, -0.1) is 24.0 Å². The van der Waals surface area contributed by atoms with Crippen molar-refractivity contribution >= 4 is 41.5 Å². The van der Waals surface area contributed by atoms with Crippen molar-refractivity contribution in [2.75, 3.05) is 33.4 Å². The molecule has 7 nitrogen and oxygen atoms in total. The van der Waals surface area contributed by atoms with Gasteiger partial charge in [0.05, 0.1) is 0 Å². The Kier molecular flexibility index (Phi) is 11.0. The minimum Gasteiger partial charge on any atom is -0.385 e. The van der Waals surface area contributed by atoms with E-state index in [1.807, 2.05) is 24.3 Å². The summed E-state index contributed by atoms with van der Waals surface area (Å²) in [6, 6.07) is 7.44. The van der Waals surface area contributed by atoms with Crippen LogP contribution in [0.15, 0.2) is 33.8 Å². The Morgan fingerprint density at radius 3 is 2.81 bits per heavy atom. The minimum atomic E-state index is 0. The first kappa shape index (κ1) is 25.9. The summed E-state index contributed by atoms with van der Waals surface area (Å²) in [5.74, 6) is 1.96. The highest BCUT2D eigenvalue weighted by molar-refractivity contribution is 14.0. The lowest BCUT2D eigenvalue weighted by molar-refractivity contribution is 0.141. The molecule has 1 aromatic heterocycles. The van der Waals surface area contributed by atoms with Crippen LogP contribution in [0, 0.1) is 5.41 Å². The van der Waals surface area contributed by atoms with E-state index in [1.54, 1.807) is 7.11 Å². The molecule has 2 N–H and O–H groups in total. The number of nitrogens with zero attached hydrogens (tertiary/aromatic N) is 3. The fourth-order valence-electron chi connectivity index (χ4n) is 3.91. The van der Waals surface area contributed by atoms with E-state index in [-0.39, 0.29) is 29.4 Å². The van der Waals surface area contributed by atoms with E-state index in [0.717, 1.165) is 37.6 Å². The lowest BCUT2D eigenvalue weighted by atomic mass is 9.83. The molecule has 1 aromatic carbocycles. The van der Waals surface area contributed by atoms with Crippen molar-refractivity contribution in [2.45, 2.75) is 45.4 Å². The molecule has 0 aliphatic heterocycles. The molecule has 172 valence electrons. The molecular weight excluding hydrogens is 529 g/mol. The maximum Gasteiger partial charge on any atom is 0.228 e. The molecule has 3 rings (SSSR count). The Labute approximate surface area is 206 Å². The number of nitrogens with one attached hydrogen (secondary N) is 2. The SMILES string of the molecule is CCNC(=NCC1(CCOC)CCCC1)NCCc1nc(-c2cccc(Cl)c2)no1.I. The zero-order chi connectivity index (χ0) is 21.2. The summed E-state index contributed by atoms with van der Waals surface area (Å²) in [7, 11) is 1.77. The van der Waals surface area contributed by atoms with Crippen LogP contribution < -0.4 is 10.6 Å². The third kappa shape index (κ3) is 7.91. The molecule has 9 heteroatoms. The van der Waals surface area contributed by atoms with Gasteiger partial charge >= 0.3 is 0 Å². The van der Waals surface area contributed by atoms with Crippen LogP contribution >= 0.6 is 35.6 Å². The number of aliphatic imine (C=N–C) groups is 1. The largest absolute Gasteiger partial charge is 0.385 e. The Hall–Kier alpha value is -1.39. The Bertz CT molecular complexity index is 824. The molecule has 1 aliphatic carbocycles. The Morgan fingerprint density at radius 2 is 2.10 bits per heavy atom. The lowest BCUT2D eigenvalue weighted by Crippen LogP contribution is -2.39. The topological polar surface area (TPSA) is 84.6 Å². The van der Waals surface area contributed by atoms with Gasteiger partial charge in [-0.2, -0.15) is 4.98 Å². The summed E-state index contributed by atoms with van der Waals surface area (Å²) in [4.78, 5) is 9.34. The molecule has 0 bridgehead atoms. The van der Waals surface area contributed by atoms with E-state index in [9.17, 15) is 0 Å². The van der Waals surface area contributed by atoms with Crippen molar-refractivity contribution in [1.29, 1.82) is 0 Å². The van der Waals surface area contributed by atoms with Crippen LogP contribution in [0.25, 0.3) is 11.4 Å². The van der Waals surface area contributed by atoms with Crippen molar-refractivity contribution < 1.29 is 9.26 Å². The molecular formula is C22H33ClIN5O2. The van der Waals surface area contributed by atoms with Gasteiger partial charge in [0, 0.05) is 50.4 Å². The number of hydrogen-bond acceptors (Lipinski definition) is 5. The standard InChI is InChI=1S/C22H32ClN5O2.HI/c1-3-24-21(26-16-22(12-14-29-2)10-4-5-11-22)25-13-9-19-27-20(28-30-19)17-7-6-8-18(23)15-17;/h6-8,15H,3-5,9-14,16H2,1-2H3,(H2,24,25,26);1H. The average molecular weight is 562 g/mol. The second-order valence-corrected chi connectivity index (χ2v) is 8.28. The highest BCUT2D eigenvalue weighted by Crippen LogP contribution is 2.41. The number of halogens is 2. The zero-order valence-corrected chi connectivity index (χ0v) is 21.4. The molecule has 1 saturated carbocycles. The van der Waals surface area contributed by atoms with Gasteiger partial charge in [0.2, 0.25) is 11.7 Å². The normalized spacial score (nSPS) is 15.5. The number of aromatic nitrogens is 2. The summed E-state index contributed by atoms with van der Waals surface area (Å²) in [5.41, 5.74) is 1.12. The molecule has 1 fully saturated rings. The van der Waals surface area contributed by atoms with Gasteiger partial charge in [-0.1, -0.05) is 41.7 Å². The van der Waals surface area contributed by atoms with E-state index in [4.69, 9.17) is 25.9 Å². The maximum atomic E-state index is 6.04. The molecule has 31 heavy (non-hydrogen) atoms. The number of hydrogen-bond donors (Lipinski definition) is 2. The van der Waals surface area contributed by atoms with Gasteiger partial charge in [-0.3, -0.25) is 4.99 Å². The quantitative estimate of drug-likeness (QED) is 0.248. The highest BCUT2D eigenvalue weighted by Gasteiger charge is 2.33. The summed E-state index contributed by atoms with van der Waals surface area (Å²) >= 11 is 6.04. The van der Waals surface area contributed by atoms with Crippen molar-refractivity contribution in [3.8, 4) is 11.4 Å². The molecule has 1 heterocycles. The number of ether oxygens (including phenoxy) is 1. The van der Waals surface area contributed by atoms with Crippen LogP contribution in [-0.4, -0.2) is 49.5 Å². The molecule has 2 aromatic rings. The van der Waals surface area contributed by atoms with Gasteiger partial charge in [0.15, 0.2) is 5.96 Å². The van der Waals surface area contributed by atoms with Crippen LogP contribution in [-0.2, 0) is 11.2 Å². The molecule has 0 radical (unpaired) electrons. The summed E-state index contributed by atoms with van der Waals surface area (Å²) in [6.45, 7) is 5.17. The van der Waals surface area contributed by atoms with Crippen LogP contribution in [0.2, 0.25) is 5.02 Å². The van der Waals surface area contributed by atoms with Gasteiger partial charge in [-0.05, 0) is 43.7 Å². The second-order valence-electron chi connectivity index (χ2n) is 7.84. The smallest absolute Gasteiger partial charge is 0.228 e. The zero-order valence-electron chi connectivity index (χ0n) is 18.3. The van der Waals surface area contributed by atoms with Gasteiger partial charge in [-0.25, -0.2) is 0 Å². The molecule has 0 atom stereocenters. The molecule has 1 aliphatic rings. The predicted molar refractivity (Wildman–Crippen MR) is 135 cm³/mol. The minimum absolute atomic E-state index is 0. The lowest BCUT2D eigenvalue weighted by Gasteiger charge is -2.27. The Morgan fingerprint density at radius 1 is 1.29 bits per heavy atom. The van der Waals surface area contributed by atoms with E-state index in [1.165, 1.54) is 25.7 Å². The van der Waals surface area contributed by atoms with Crippen LogP contribution in [0.1, 0.15) is 44.9 Å². The summed E-state index contributed by atoms with van der Waals surface area (Å²) in [6.07, 6.45) is 6.72. The molecule has 0 saturated heterocycles. The van der Waals surface area contributed by atoms with E-state index >= 15 is 0 Å². The average Bonchev–Trinajstić information content (AvgIpc) is 3.41. The molecule has 0 spiro atoms. The van der Waals surface area contributed by atoms with Gasteiger partial charge in [0.25, 0.3) is 0 Å². The Balaban J connectivity index is 0.00000341. The van der Waals surface area contributed by atoms with Crippen molar-refractivity contribution in [3.63, 3.8) is 0 Å². The third-order valence-electron chi connectivity index (χ3n) is 5.60. The fourth-order valence-corrected chi connectivity index (χ4v) is 4.10. The number of benzene rings is 1. The fraction of sp³-hybridized carbons (Fsp3) is 0.591. The van der Waals surface area contributed by atoms with Crippen LogP contribution in [0.5, 0.6) is 0 Å². The van der Waals surface area contributed by atoms with Crippen molar-refractivity contribution in [3.05, 3.63) is 35.2 Å². The van der Waals surface area contributed by atoms with E-state index in [0.29, 0.717) is 29.7 Å². The predicted octanol–water partition coefficient (Wildman–Crippen LogP) is 4.70. The summed E-state index contributed by atoms with van der Waals surface area (Å²) in [5, 5.41) is 11.4. The first-order valence-electron chi connectivity index (χ1n) is 10.7. The molecule has 0 unspecified atom stereocenters. The third-order valence-corrected chi connectivity index (χ3v) is 5.83. The monoisotopic (exact) mass is 561 g/mol. The van der Waals surface area contributed by atoms with E-state index < -0.39 is 0 Å². The van der Waals surface area contributed by atoms with Crippen molar-refractivity contribution in [2.24, 2.45) is 10.4 Å². The van der Waals surface area contributed by atoms with Crippen LogP contribution in [0.4, 0.5) is 0 Å². The first-order chi connectivity index (χ1) is 14.6. The molecule has 0 amide bonds. The summed E-state index contributed by atoms with van der Waals surface area (Å²) < 4.78 is 10.7. The van der Waals surface area contributed by atoms with Gasteiger partial charge in [0.1, 0.15) is 0 Å². The number of guanidine groups is 1. The highest BCUT2D eigenvalue weighted by atomic mass is 127. The maximum absolute atomic E-state index is 6.04. The van der Waals surface area contributed by atoms with Crippen LogP contribution in [0.3, 0.4) is 0 Å². The van der Waals surface area contributed by atoms with Gasteiger partial charge < -0.3 is 19.9 Å². The van der Waals surface area contributed by atoms with E-state index in [2.05, 4.69) is 27.7 Å². The number of rotatable bonds is 10. The number of methoxy groups -OCH3 is 1. The second kappa shape index (κ2) is 13.2. The first-order valence-corrected chi connectivity index (χ1v) is 11.1.